The largest absolute Gasteiger partial charge is 0.493 e. The maximum atomic E-state index is 14.3. The molecule has 2 aromatic rings. The van der Waals surface area contributed by atoms with E-state index in [1.807, 2.05) is 6.92 Å². The van der Waals surface area contributed by atoms with Crippen LogP contribution in [0.5, 0.6) is 5.75 Å². The Bertz CT molecular complexity index is 2080. The number of aliphatic hydroxyl groups excluding tert-OH is 1. The van der Waals surface area contributed by atoms with Gasteiger partial charge >= 0.3 is 6.03 Å². The zero-order valence-corrected chi connectivity index (χ0v) is 34.5. The van der Waals surface area contributed by atoms with Crippen LogP contribution in [0.25, 0.3) is 0 Å². The number of ketones is 1. The molecule has 3 saturated heterocycles. The quantitative estimate of drug-likeness (QED) is 0.211. The fourth-order valence-corrected chi connectivity index (χ4v) is 9.33. The molecule has 0 bridgehead atoms. The predicted octanol–water partition coefficient (Wildman–Crippen LogP) is 1.95. The van der Waals surface area contributed by atoms with Crippen LogP contribution in [0.15, 0.2) is 36.4 Å². The first-order valence-electron chi connectivity index (χ1n) is 21.1. The zero-order chi connectivity index (χ0) is 43.7. The maximum absolute atomic E-state index is 14.3. The molecule has 5 aliphatic rings. The Hall–Kier alpha value is -5.65. The van der Waals surface area contributed by atoms with Crippen molar-refractivity contribution in [1.82, 2.24) is 30.7 Å². The summed E-state index contributed by atoms with van der Waals surface area (Å²) in [7, 11) is 0. The van der Waals surface area contributed by atoms with E-state index < -0.39 is 89.6 Å². The smallest absolute Gasteiger partial charge is 0.319 e. The number of likely N-dealkylation sites (tertiary alicyclic amines) is 3. The van der Waals surface area contributed by atoms with Gasteiger partial charge in [0.1, 0.15) is 53.1 Å². The first kappa shape index (κ1) is 43.4. The van der Waals surface area contributed by atoms with Crippen molar-refractivity contribution in [2.75, 3.05) is 31.6 Å². The van der Waals surface area contributed by atoms with E-state index in [1.54, 1.807) is 30.0 Å². The van der Waals surface area contributed by atoms with Crippen LogP contribution in [0.1, 0.15) is 76.8 Å². The number of anilines is 1. The number of hydrogen-bond acceptors (Lipinski definition) is 9. The average molecular weight is 850 g/mol. The number of Topliss-reactive ketones (excluding diaryl/α,β-unsaturated/α-hetero) is 1. The highest BCUT2D eigenvalue weighted by molar-refractivity contribution is 6.09. The number of urea groups is 1. The van der Waals surface area contributed by atoms with Crippen LogP contribution in [0.4, 0.5) is 19.3 Å². The van der Waals surface area contributed by atoms with Crippen LogP contribution in [0, 0.1) is 17.6 Å². The molecule has 18 heteroatoms. The van der Waals surface area contributed by atoms with Crippen LogP contribution in [0.2, 0.25) is 0 Å². The molecular formula is C43H53F2N7O9. The number of fused-ring (bicyclic) bond motifs is 1. The first-order valence-corrected chi connectivity index (χ1v) is 21.1. The summed E-state index contributed by atoms with van der Waals surface area (Å²) < 4.78 is 34.0. The van der Waals surface area contributed by atoms with Gasteiger partial charge in [-0.2, -0.15) is 0 Å². The number of benzene rings is 2. The van der Waals surface area contributed by atoms with Gasteiger partial charge in [0, 0.05) is 50.7 Å². The van der Waals surface area contributed by atoms with Crippen LogP contribution in [-0.2, 0) is 41.6 Å². The third kappa shape index (κ3) is 9.33. The van der Waals surface area contributed by atoms with Crippen molar-refractivity contribution in [2.45, 2.75) is 120 Å². The lowest BCUT2D eigenvalue weighted by Gasteiger charge is -2.39. The van der Waals surface area contributed by atoms with E-state index in [2.05, 4.69) is 21.3 Å². The van der Waals surface area contributed by atoms with Crippen molar-refractivity contribution in [1.29, 1.82) is 0 Å². The van der Waals surface area contributed by atoms with Gasteiger partial charge in [-0.3, -0.25) is 28.8 Å². The minimum absolute atomic E-state index is 0.0165. The van der Waals surface area contributed by atoms with E-state index >= 15 is 0 Å². The molecule has 16 nitrogen and oxygen atoms in total. The first-order chi connectivity index (χ1) is 29.0. The number of nitrogens with zero attached hydrogens (tertiary/aromatic N) is 3. The van der Waals surface area contributed by atoms with Crippen molar-refractivity contribution in [2.24, 2.45) is 5.92 Å². The number of hydrogen-bond donors (Lipinski definition) is 5. The summed E-state index contributed by atoms with van der Waals surface area (Å²) in [5.41, 5.74) is 0.523. The van der Waals surface area contributed by atoms with Gasteiger partial charge in [0.15, 0.2) is 5.78 Å². The monoisotopic (exact) mass is 849 g/mol. The Balaban J connectivity index is 1.03. The number of piperidine rings is 1. The predicted molar refractivity (Wildman–Crippen MR) is 215 cm³/mol. The highest BCUT2D eigenvalue weighted by Crippen LogP contribution is 2.48. The molecule has 0 unspecified atom stereocenters. The standard InChI is InChI=1S/C43H53F2N7O9/c1-23-20-43(21-35(43)54)52(22-23)39(57)24(2)46-38(56)32-7-4-5-12-50(32)40(58)33-8-6-13-51(33)41(59)36(25(3)53)49-37(55)31(17-26-15-28(44)19-29(45)16-26)48-42(60)47-30-9-10-34-27(18-30)11-14-61-34/h9-10,15-16,18-19,23-25,31-33,36,53H,4-8,11-14,17,20-22H2,1-3H3,(H,46,56)(H,49,55)(H2,47,48,60)/t23-,24+,25+,31+,32+,33+,36+,43+/m1/s1. The maximum Gasteiger partial charge on any atom is 0.319 e. The normalized spacial score (nSPS) is 24.9. The van der Waals surface area contributed by atoms with Gasteiger partial charge in [-0.05, 0) is 99.7 Å². The molecule has 8 atom stereocenters. The summed E-state index contributed by atoms with van der Waals surface area (Å²) in [5.74, 6) is -4.04. The summed E-state index contributed by atoms with van der Waals surface area (Å²) in [6.07, 6.45) is 1.90. The van der Waals surface area contributed by atoms with E-state index in [1.165, 1.54) is 16.7 Å². The Morgan fingerprint density at radius 1 is 0.902 bits per heavy atom. The molecule has 1 aliphatic carbocycles. The zero-order valence-electron chi connectivity index (χ0n) is 34.5. The SMILES string of the molecule is C[C@H]1CN(C(=O)[C@H](C)NC(=O)[C@@H]2CCCCN2C(=O)[C@@H]2CCCN2C(=O)[C@@H](NC(=O)[C@H](Cc2cc(F)cc(F)c2)NC(=O)Nc2ccc3c(c2)CCO3)[C@H](C)O)[C@]2(CC2=O)C1. The van der Waals surface area contributed by atoms with Gasteiger partial charge in [0.2, 0.25) is 29.5 Å². The fraction of sp³-hybridized carbons (Fsp3) is 0.558. The molecule has 0 aromatic heterocycles. The van der Waals surface area contributed by atoms with E-state index in [0.717, 1.165) is 17.7 Å². The van der Waals surface area contributed by atoms with Crippen molar-refractivity contribution < 1.29 is 52.2 Å². The molecule has 4 fully saturated rings. The minimum Gasteiger partial charge on any atom is -0.493 e. The Kier molecular flexibility index (Phi) is 12.6. The summed E-state index contributed by atoms with van der Waals surface area (Å²) >= 11 is 0. The Labute approximate surface area is 352 Å². The summed E-state index contributed by atoms with van der Waals surface area (Å²) in [6.45, 7) is 6.07. The highest BCUT2D eigenvalue weighted by Gasteiger charge is 2.63. The van der Waals surface area contributed by atoms with Crippen LogP contribution in [-0.4, -0.2) is 129 Å². The van der Waals surface area contributed by atoms with Gasteiger partial charge in [0.05, 0.1) is 12.7 Å². The Morgan fingerprint density at radius 2 is 1.61 bits per heavy atom. The molecule has 0 radical (unpaired) electrons. The molecule has 4 aliphatic heterocycles. The molecule has 7 rings (SSSR count). The number of amides is 7. The number of ether oxygens (including phenoxy) is 1. The molecule has 7 amide bonds. The molecule has 4 heterocycles. The van der Waals surface area contributed by atoms with Crippen LogP contribution < -0.4 is 26.0 Å². The molecule has 1 spiro atoms. The number of halogens is 2. The number of carbonyl (C=O) groups is 7. The lowest BCUT2D eigenvalue weighted by molar-refractivity contribution is -0.152. The molecule has 1 saturated carbocycles. The van der Waals surface area contributed by atoms with Crippen LogP contribution >= 0.6 is 0 Å². The summed E-state index contributed by atoms with van der Waals surface area (Å²) in [5, 5.41) is 21.3. The van der Waals surface area contributed by atoms with Gasteiger partial charge in [-0.1, -0.05) is 6.92 Å². The third-order valence-electron chi connectivity index (χ3n) is 12.4. The lowest BCUT2D eigenvalue weighted by atomic mass is 9.99. The van der Waals surface area contributed by atoms with E-state index in [4.69, 9.17) is 4.74 Å². The van der Waals surface area contributed by atoms with Gasteiger partial charge in [-0.15, -0.1) is 0 Å². The third-order valence-corrected chi connectivity index (χ3v) is 12.4. The number of rotatable bonds is 12. The van der Waals surface area contributed by atoms with Crippen molar-refractivity contribution in [3.63, 3.8) is 0 Å². The molecule has 328 valence electrons. The second-order valence-corrected chi connectivity index (χ2v) is 17.1. The van der Waals surface area contributed by atoms with Crippen molar-refractivity contribution in [3.8, 4) is 5.75 Å². The van der Waals surface area contributed by atoms with E-state index in [9.17, 15) is 47.4 Å². The number of nitrogens with one attached hydrogen (secondary N) is 4. The second kappa shape index (κ2) is 17.8. The summed E-state index contributed by atoms with van der Waals surface area (Å²) in [4.78, 5) is 99.6. The Morgan fingerprint density at radius 3 is 2.31 bits per heavy atom. The highest BCUT2D eigenvalue weighted by atomic mass is 19.1. The van der Waals surface area contributed by atoms with E-state index in [0.29, 0.717) is 75.6 Å². The number of aliphatic hydroxyl groups is 1. The van der Waals surface area contributed by atoms with Crippen molar-refractivity contribution >= 4 is 47.0 Å². The molecular weight excluding hydrogens is 797 g/mol. The second-order valence-electron chi connectivity index (χ2n) is 17.1. The topological polar surface area (TPSA) is 207 Å². The molecule has 61 heavy (non-hydrogen) atoms. The van der Waals surface area contributed by atoms with Crippen molar-refractivity contribution in [3.05, 3.63) is 59.2 Å². The van der Waals surface area contributed by atoms with Gasteiger partial charge in [0.25, 0.3) is 0 Å². The molecule has 5 N–H and O–H groups in total. The summed E-state index contributed by atoms with van der Waals surface area (Å²) in [6, 6.07) is 0.884. The minimum atomic E-state index is -1.60. The average Bonchev–Trinajstić information content (AvgIpc) is 3.65. The van der Waals surface area contributed by atoms with Crippen LogP contribution in [0.3, 0.4) is 0 Å². The lowest BCUT2D eigenvalue weighted by Crippen LogP contribution is -2.62. The molecule has 2 aromatic carbocycles. The van der Waals surface area contributed by atoms with Gasteiger partial charge in [-0.25, -0.2) is 13.6 Å². The van der Waals surface area contributed by atoms with E-state index in [-0.39, 0.29) is 42.7 Å². The number of carbonyl (C=O) groups excluding carboxylic acids is 7. The fourth-order valence-electron chi connectivity index (χ4n) is 9.33. The van der Waals surface area contributed by atoms with Gasteiger partial charge < -0.3 is 45.8 Å².